The van der Waals surface area contributed by atoms with Crippen LogP contribution in [-0.2, 0) is 11.4 Å². The Morgan fingerprint density at radius 2 is 1.68 bits per heavy atom. The van der Waals surface area contributed by atoms with Gasteiger partial charge < -0.3 is 14.8 Å². The van der Waals surface area contributed by atoms with Gasteiger partial charge in [-0.1, -0.05) is 41.6 Å². The summed E-state index contributed by atoms with van der Waals surface area (Å²) in [4.78, 5) is 12.8. The number of amides is 1. The number of methoxy groups -OCH3 is 1. The number of benzene rings is 3. The van der Waals surface area contributed by atoms with Gasteiger partial charge in [-0.05, 0) is 67.6 Å². The fraction of sp³-hybridized carbons (Fsp3) is 0.160. The molecule has 0 radical (unpaired) electrons. The second kappa shape index (κ2) is 11.1. The molecule has 0 saturated heterocycles. The summed E-state index contributed by atoms with van der Waals surface area (Å²) >= 11 is 7.25. The number of ether oxygens (including phenoxy) is 2. The number of anilines is 1. The van der Waals surface area contributed by atoms with Crippen molar-refractivity contribution in [3.63, 3.8) is 0 Å². The summed E-state index contributed by atoms with van der Waals surface area (Å²) < 4.78 is 13.0. The first-order valence-electron chi connectivity index (χ1n) is 10.5. The minimum atomic E-state index is -0.419. The third kappa shape index (κ3) is 5.89. The van der Waals surface area contributed by atoms with Gasteiger partial charge in [0.25, 0.3) is 0 Å². The van der Waals surface area contributed by atoms with E-state index in [9.17, 15) is 4.79 Å². The molecule has 0 bridgehead atoms. The zero-order valence-corrected chi connectivity index (χ0v) is 20.2. The number of aromatic nitrogens is 3. The Hall–Kier alpha value is -3.49. The summed E-state index contributed by atoms with van der Waals surface area (Å²) in [5, 5.41) is 12.4. The highest BCUT2D eigenvalue weighted by molar-refractivity contribution is 8.00. The van der Waals surface area contributed by atoms with E-state index in [1.54, 1.807) is 31.4 Å². The highest BCUT2D eigenvalue weighted by Gasteiger charge is 2.21. The number of carbonyl (C=O) groups is 1. The normalized spacial score (nSPS) is 11.6. The second-order valence-corrected chi connectivity index (χ2v) is 9.03. The van der Waals surface area contributed by atoms with Crippen LogP contribution >= 0.6 is 23.4 Å². The Kier molecular flexibility index (Phi) is 7.72. The highest BCUT2D eigenvalue weighted by Crippen LogP contribution is 2.27. The lowest BCUT2D eigenvalue weighted by Crippen LogP contribution is -2.23. The Labute approximate surface area is 207 Å². The standard InChI is InChI=1S/C25H23ClN4O3S/c1-17(24(31)27-19-10-8-18(26)9-11-19)34-25-29-28-23(30(25)20-6-4-3-5-7-20)16-33-22-14-12-21(32-2)13-15-22/h3-15,17H,16H2,1-2H3,(H,27,31). The van der Waals surface area contributed by atoms with Crippen molar-refractivity contribution in [1.82, 2.24) is 14.8 Å². The first-order valence-corrected chi connectivity index (χ1v) is 11.8. The molecule has 9 heteroatoms. The van der Waals surface area contributed by atoms with Crippen molar-refractivity contribution in [1.29, 1.82) is 0 Å². The molecule has 1 aromatic heterocycles. The number of carbonyl (C=O) groups excluding carboxylic acids is 1. The first-order chi connectivity index (χ1) is 16.5. The predicted octanol–water partition coefficient (Wildman–Crippen LogP) is 5.63. The average molecular weight is 495 g/mol. The molecule has 0 aliphatic rings. The molecule has 1 N–H and O–H groups in total. The van der Waals surface area contributed by atoms with Crippen molar-refractivity contribution in [3.05, 3.63) is 89.7 Å². The average Bonchev–Trinajstić information content (AvgIpc) is 3.27. The van der Waals surface area contributed by atoms with Crippen LogP contribution in [0.5, 0.6) is 11.5 Å². The van der Waals surface area contributed by atoms with Gasteiger partial charge in [0.1, 0.15) is 18.1 Å². The summed E-state index contributed by atoms with van der Waals surface area (Å²) in [5.41, 5.74) is 1.56. The molecule has 1 amide bonds. The maximum absolute atomic E-state index is 12.8. The molecule has 4 aromatic rings. The Morgan fingerprint density at radius 3 is 2.35 bits per heavy atom. The van der Waals surface area contributed by atoms with Gasteiger partial charge >= 0.3 is 0 Å². The van der Waals surface area contributed by atoms with Crippen molar-refractivity contribution in [2.75, 3.05) is 12.4 Å². The third-order valence-corrected chi connectivity index (χ3v) is 6.20. The number of thioether (sulfide) groups is 1. The van der Waals surface area contributed by atoms with Crippen molar-refractivity contribution < 1.29 is 14.3 Å². The van der Waals surface area contributed by atoms with Crippen LogP contribution in [0.3, 0.4) is 0 Å². The van der Waals surface area contributed by atoms with E-state index >= 15 is 0 Å². The fourth-order valence-electron chi connectivity index (χ4n) is 3.12. The van der Waals surface area contributed by atoms with Gasteiger partial charge in [0.2, 0.25) is 5.91 Å². The second-order valence-electron chi connectivity index (χ2n) is 7.29. The van der Waals surface area contributed by atoms with Gasteiger partial charge in [0.05, 0.1) is 12.4 Å². The molecule has 174 valence electrons. The third-order valence-electron chi connectivity index (χ3n) is 4.91. The molecule has 0 fully saturated rings. The molecule has 0 saturated carbocycles. The summed E-state index contributed by atoms with van der Waals surface area (Å²) in [6.07, 6.45) is 0. The summed E-state index contributed by atoms with van der Waals surface area (Å²) in [6.45, 7) is 2.04. The molecule has 34 heavy (non-hydrogen) atoms. The van der Waals surface area contributed by atoms with Crippen molar-refractivity contribution in [2.45, 2.75) is 23.9 Å². The number of rotatable bonds is 9. The molecule has 0 aliphatic carbocycles. The minimum Gasteiger partial charge on any atom is -0.497 e. The lowest BCUT2D eigenvalue weighted by Gasteiger charge is -2.14. The van der Waals surface area contributed by atoms with Gasteiger partial charge in [-0.2, -0.15) is 0 Å². The van der Waals surface area contributed by atoms with Crippen LogP contribution in [0, 0.1) is 0 Å². The number of nitrogens with one attached hydrogen (secondary N) is 1. The van der Waals surface area contributed by atoms with Crippen LogP contribution in [-0.4, -0.2) is 33.0 Å². The molecule has 0 spiro atoms. The van der Waals surface area contributed by atoms with E-state index in [1.165, 1.54) is 11.8 Å². The highest BCUT2D eigenvalue weighted by atomic mass is 35.5. The van der Waals surface area contributed by atoms with Gasteiger partial charge in [-0.3, -0.25) is 9.36 Å². The van der Waals surface area contributed by atoms with E-state index < -0.39 is 5.25 Å². The minimum absolute atomic E-state index is 0.147. The number of halogens is 1. The Bertz CT molecular complexity index is 1230. The quantitative estimate of drug-likeness (QED) is 0.304. The summed E-state index contributed by atoms with van der Waals surface area (Å²) in [7, 11) is 1.62. The van der Waals surface area contributed by atoms with Gasteiger partial charge in [-0.15, -0.1) is 10.2 Å². The lowest BCUT2D eigenvalue weighted by molar-refractivity contribution is -0.115. The first kappa shape index (κ1) is 23.7. The van der Waals surface area contributed by atoms with Crippen LogP contribution in [0.25, 0.3) is 5.69 Å². The smallest absolute Gasteiger partial charge is 0.237 e. The van der Waals surface area contributed by atoms with Crippen LogP contribution in [0.15, 0.2) is 84.0 Å². The van der Waals surface area contributed by atoms with Crippen LogP contribution in [0.2, 0.25) is 5.02 Å². The molecule has 1 atom stereocenters. The molecule has 1 heterocycles. The number of nitrogens with zero attached hydrogens (tertiary/aromatic N) is 3. The Balaban J connectivity index is 1.51. The topological polar surface area (TPSA) is 78.3 Å². The van der Waals surface area contributed by atoms with E-state index in [2.05, 4.69) is 15.5 Å². The maximum atomic E-state index is 12.8. The largest absolute Gasteiger partial charge is 0.497 e. The van der Waals surface area contributed by atoms with Crippen molar-refractivity contribution >= 4 is 35.0 Å². The van der Waals surface area contributed by atoms with E-state index in [4.69, 9.17) is 21.1 Å². The molecule has 0 aliphatic heterocycles. The fourth-order valence-corrected chi connectivity index (χ4v) is 4.13. The molecule has 7 nitrogen and oxygen atoms in total. The van der Waals surface area contributed by atoms with Crippen molar-refractivity contribution in [2.24, 2.45) is 0 Å². The van der Waals surface area contributed by atoms with Crippen LogP contribution in [0.1, 0.15) is 12.7 Å². The zero-order chi connectivity index (χ0) is 23.9. The number of hydrogen-bond donors (Lipinski definition) is 1. The molecular formula is C25H23ClN4O3S. The van der Waals surface area contributed by atoms with Gasteiger partial charge in [0.15, 0.2) is 11.0 Å². The molecule has 1 unspecified atom stereocenters. The Morgan fingerprint density at radius 1 is 1.00 bits per heavy atom. The summed E-state index contributed by atoms with van der Waals surface area (Å²) in [5.74, 6) is 1.92. The lowest BCUT2D eigenvalue weighted by atomic mass is 10.3. The van der Waals surface area contributed by atoms with Gasteiger partial charge in [0, 0.05) is 16.4 Å². The number of hydrogen-bond acceptors (Lipinski definition) is 6. The van der Waals surface area contributed by atoms with E-state index in [1.807, 2.05) is 66.1 Å². The summed E-state index contributed by atoms with van der Waals surface area (Å²) in [6, 6.07) is 24.1. The monoisotopic (exact) mass is 494 g/mol. The predicted molar refractivity (Wildman–Crippen MR) is 134 cm³/mol. The van der Waals surface area contributed by atoms with E-state index in [0.717, 1.165) is 11.4 Å². The SMILES string of the molecule is COc1ccc(OCc2nnc(SC(C)C(=O)Nc3ccc(Cl)cc3)n2-c2ccccc2)cc1. The zero-order valence-electron chi connectivity index (χ0n) is 18.6. The molecular weight excluding hydrogens is 472 g/mol. The van der Waals surface area contributed by atoms with Crippen molar-refractivity contribution in [3.8, 4) is 17.2 Å². The van der Waals surface area contributed by atoms with Gasteiger partial charge in [-0.25, -0.2) is 0 Å². The number of para-hydroxylation sites is 1. The van der Waals surface area contributed by atoms with Crippen LogP contribution in [0.4, 0.5) is 5.69 Å². The van der Waals surface area contributed by atoms with Crippen LogP contribution < -0.4 is 14.8 Å². The van der Waals surface area contributed by atoms with E-state index in [0.29, 0.717) is 27.4 Å². The molecule has 3 aromatic carbocycles. The maximum Gasteiger partial charge on any atom is 0.237 e. The van der Waals surface area contributed by atoms with E-state index in [-0.39, 0.29) is 12.5 Å². The molecule has 4 rings (SSSR count).